The highest BCUT2D eigenvalue weighted by atomic mass is 32.2. The van der Waals surface area contributed by atoms with Gasteiger partial charge in [-0.25, -0.2) is 22.6 Å². The van der Waals surface area contributed by atoms with Crippen LogP contribution >= 0.6 is 0 Å². The van der Waals surface area contributed by atoms with E-state index >= 15 is 0 Å². The van der Waals surface area contributed by atoms with Crippen LogP contribution in [-0.2, 0) is 29.1 Å². The number of methoxy groups -OCH3 is 1. The Morgan fingerprint density at radius 2 is 1.84 bits per heavy atom. The number of aryl methyl sites for hydroxylation is 1. The van der Waals surface area contributed by atoms with E-state index in [2.05, 4.69) is 15.4 Å². The summed E-state index contributed by atoms with van der Waals surface area (Å²) in [4.78, 5) is 65.8. The minimum absolute atomic E-state index is 0.00513. The minimum Gasteiger partial charge on any atom is -0.470 e. The topological polar surface area (TPSA) is 199 Å². The molecule has 57 heavy (non-hydrogen) atoms. The number of carbonyl (C=O) groups excluding carboxylic acids is 4. The summed E-state index contributed by atoms with van der Waals surface area (Å²) in [6.45, 7) is 1.81. The highest BCUT2D eigenvalue weighted by Crippen LogP contribution is 2.46. The molecule has 4 amide bonds. The SMILES string of the molecule is COC(=O)N[C@H]1CCCCC/C=C\[C@@H]2C[C@@]2(C(=O)NS(=O)(=O)C2CC2)NC(=O)[C@@H]2C[C@@H](Oc3nc(-c4ccc(C)cc4)nc4c3oc3ccc(F)cc34)CN2C1=O. The minimum atomic E-state index is -3.93. The van der Waals surface area contributed by atoms with Gasteiger partial charge in [-0.1, -0.05) is 54.8 Å². The third kappa shape index (κ3) is 7.76. The first-order chi connectivity index (χ1) is 27.3. The number of aromatic nitrogens is 2. The molecule has 5 atom stereocenters. The lowest BCUT2D eigenvalue weighted by Gasteiger charge is -2.29. The number of nitrogens with zero attached hydrogens (tertiary/aromatic N) is 3. The molecule has 4 aliphatic rings. The standard InChI is InChI=1S/C40H43FN6O9S/c1-22-10-12-23(13-11-22)34-43-32-28-18-25(41)14-17-31(28)56-33(32)36(44-34)55-26-19-30-35(48)45-40(38(50)46-57(52,53)27-15-16-27)20-24(40)8-6-4-3-5-7-9-29(42-39(51)54-2)37(49)47(30)21-26/h6,8,10-14,17-18,24,26-27,29-30H,3-5,7,9,15-16,19-21H2,1-2H3,(H,42,51)(H,45,48)(H,46,50)/b8-6-/t24-,26-,29+,30+,40-/m1/s1. The quantitative estimate of drug-likeness (QED) is 0.221. The molecule has 2 aromatic heterocycles. The van der Waals surface area contributed by atoms with E-state index in [1.807, 2.05) is 43.3 Å². The first-order valence-corrected chi connectivity index (χ1v) is 20.7. The second kappa shape index (κ2) is 15.1. The van der Waals surface area contributed by atoms with Gasteiger partial charge in [0.25, 0.3) is 11.8 Å². The van der Waals surface area contributed by atoms with Crippen LogP contribution in [0.15, 0.2) is 59.0 Å². The predicted octanol–water partition coefficient (Wildman–Crippen LogP) is 4.57. The highest BCUT2D eigenvalue weighted by Gasteiger charge is 2.62. The molecule has 17 heteroatoms. The Morgan fingerprint density at radius 1 is 1.05 bits per heavy atom. The summed E-state index contributed by atoms with van der Waals surface area (Å²) in [5.74, 6) is -2.77. The van der Waals surface area contributed by atoms with Crippen LogP contribution in [0.25, 0.3) is 33.5 Å². The summed E-state index contributed by atoms with van der Waals surface area (Å²) in [7, 11) is -2.74. The average Bonchev–Trinajstić information content (AvgIpc) is 4.09. The number of nitrogens with one attached hydrogen (secondary N) is 3. The van der Waals surface area contributed by atoms with Gasteiger partial charge in [0.15, 0.2) is 5.82 Å². The molecule has 2 saturated carbocycles. The molecule has 0 unspecified atom stereocenters. The lowest BCUT2D eigenvalue weighted by molar-refractivity contribution is -0.141. The van der Waals surface area contributed by atoms with Gasteiger partial charge in [0.2, 0.25) is 27.4 Å². The van der Waals surface area contributed by atoms with Gasteiger partial charge >= 0.3 is 6.09 Å². The lowest BCUT2D eigenvalue weighted by atomic mass is 10.1. The van der Waals surface area contributed by atoms with Crippen molar-refractivity contribution in [2.24, 2.45) is 5.92 Å². The van der Waals surface area contributed by atoms with Gasteiger partial charge in [-0.3, -0.25) is 19.1 Å². The molecule has 0 radical (unpaired) electrons. The fraction of sp³-hybridized carbons (Fsp3) is 0.450. The zero-order valence-corrected chi connectivity index (χ0v) is 32.3. The van der Waals surface area contributed by atoms with Crippen LogP contribution in [0, 0.1) is 18.7 Å². The van der Waals surface area contributed by atoms with Crippen LogP contribution in [0.3, 0.4) is 0 Å². The molecule has 4 aromatic rings. The molecule has 2 aromatic carbocycles. The zero-order chi connectivity index (χ0) is 40.1. The molecule has 2 aliphatic heterocycles. The van der Waals surface area contributed by atoms with Crippen LogP contribution < -0.4 is 20.1 Å². The molecule has 3 N–H and O–H groups in total. The molecule has 3 fully saturated rings. The van der Waals surface area contributed by atoms with E-state index in [0.717, 1.165) is 18.4 Å². The van der Waals surface area contributed by atoms with Gasteiger partial charge in [0.05, 0.1) is 18.9 Å². The van der Waals surface area contributed by atoms with Crippen molar-refractivity contribution in [3.8, 4) is 17.3 Å². The largest absolute Gasteiger partial charge is 0.470 e. The molecular weight excluding hydrogens is 760 g/mol. The Morgan fingerprint density at radius 3 is 2.60 bits per heavy atom. The number of hydrogen-bond acceptors (Lipinski definition) is 11. The van der Waals surface area contributed by atoms with Crippen LogP contribution in [0.1, 0.15) is 63.4 Å². The highest BCUT2D eigenvalue weighted by molar-refractivity contribution is 7.91. The number of hydrogen-bond donors (Lipinski definition) is 3. The molecule has 2 aliphatic carbocycles. The smallest absolute Gasteiger partial charge is 0.407 e. The van der Waals surface area contributed by atoms with Crippen molar-refractivity contribution >= 4 is 55.9 Å². The van der Waals surface area contributed by atoms with E-state index < -0.39 is 74.5 Å². The normalized spacial score (nSPS) is 26.1. The van der Waals surface area contributed by atoms with Crippen LogP contribution in [0.5, 0.6) is 5.88 Å². The number of benzene rings is 2. The Hall–Kier alpha value is -5.58. The van der Waals surface area contributed by atoms with Gasteiger partial charge in [-0.15, -0.1) is 0 Å². The van der Waals surface area contributed by atoms with Gasteiger partial charge < -0.3 is 29.4 Å². The van der Waals surface area contributed by atoms with Crippen LogP contribution in [-0.4, -0.2) is 89.7 Å². The molecule has 1 saturated heterocycles. The molecule has 300 valence electrons. The number of rotatable bonds is 7. The van der Waals surface area contributed by atoms with E-state index in [4.69, 9.17) is 23.9 Å². The molecule has 15 nitrogen and oxygen atoms in total. The van der Waals surface area contributed by atoms with Gasteiger partial charge in [-0.05, 0) is 63.6 Å². The maximum Gasteiger partial charge on any atom is 0.407 e. The van der Waals surface area contributed by atoms with Crippen molar-refractivity contribution in [3.63, 3.8) is 0 Å². The fourth-order valence-electron chi connectivity index (χ4n) is 7.71. The summed E-state index contributed by atoms with van der Waals surface area (Å²) < 4.78 is 59.9. The number of alkyl carbamates (subject to hydrolysis) is 1. The summed E-state index contributed by atoms with van der Waals surface area (Å²) in [6.07, 6.45) is 6.07. The molecule has 0 spiro atoms. The predicted molar refractivity (Wildman–Crippen MR) is 205 cm³/mol. The number of sulfonamides is 1. The van der Waals surface area contributed by atoms with Crippen molar-refractivity contribution < 1.29 is 45.9 Å². The number of fused-ring (bicyclic) bond motifs is 5. The number of furan rings is 1. The number of halogens is 1. The summed E-state index contributed by atoms with van der Waals surface area (Å²) in [6, 6.07) is 9.28. The Bertz CT molecular complexity index is 2400. The van der Waals surface area contributed by atoms with Crippen LogP contribution in [0.2, 0.25) is 0 Å². The van der Waals surface area contributed by atoms with Gasteiger partial charge in [0.1, 0.15) is 40.6 Å². The van der Waals surface area contributed by atoms with Gasteiger partial charge in [0, 0.05) is 23.3 Å². The van der Waals surface area contributed by atoms with E-state index in [-0.39, 0.29) is 43.1 Å². The molecule has 0 bridgehead atoms. The van der Waals surface area contributed by atoms with Crippen molar-refractivity contribution in [2.45, 2.75) is 93.7 Å². The zero-order valence-electron chi connectivity index (χ0n) is 31.5. The summed E-state index contributed by atoms with van der Waals surface area (Å²) in [5.41, 5.74) is 0.897. The summed E-state index contributed by atoms with van der Waals surface area (Å²) in [5, 5.41) is 5.21. The maximum atomic E-state index is 14.5. The Labute approximate surface area is 327 Å². The fourth-order valence-corrected chi connectivity index (χ4v) is 9.07. The average molecular weight is 803 g/mol. The van der Waals surface area contributed by atoms with Gasteiger partial charge in [-0.2, -0.15) is 4.98 Å². The van der Waals surface area contributed by atoms with Crippen molar-refractivity contribution in [3.05, 3.63) is 66.0 Å². The second-order valence-electron chi connectivity index (χ2n) is 15.3. The number of allylic oxidation sites excluding steroid dienone is 1. The van der Waals surface area contributed by atoms with E-state index in [9.17, 15) is 32.0 Å². The first-order valence-electron chi connectivity index (χ1n) is 19.2. The Kier molecular flexibility index (Phi) is 10.1. The van der Waals surface area contributed by atoms with Crippen LogP contribution in [0.4, 0.5) is 9.18 Å². The molecule has 8 rings (SSSR count). The molecule has 4 heterocycles. The Balaban J connectivity index is 1.15. The van der Waals surface area contributed by atoms with Crippen molar-refractivity contribution in [1.82, 2.24) is 30.2 Å². The first kappa shape index (κ1) is 38.3. The third-order valence-electron chi connectivity index (χ3n) is 11.2. The monoisotopic (exact) mass is 802 g/mol. The summed E-state index contributed by atoms with van der Waals surface area (Å²) >= 11 is 0. The maximum absolute atomic E-state index is 14.5. The third-order valence-corrected chi connectivity index (χ3v) is 13.0. The van der Waals surface area contributed by atoms with Crippen molar-refractivity contribution in [2.75, 3.05) is 13.7 Å². The lowest BCUT2D eigenvalue weighted by Crippen LogP contribution is -2.58. The van der Waals surface area contributed by atoms with E-state index in [1.54, 1.807) is 0 Å². The number of ether oxygens (including phenoxy) is 2. The molecular formula is C40H43FN6O9S. The van der Waals surface area contributed by atoms with E-state index in [0.29, 0.717) is 47.7 Å². The van der Waals surface area contributed by atoms with E-state index in [1.165, 1.54) is 30.2 Å². The number of amides is 4. The second-order valence-corrected chi connectivity index (χ2v) is 17.3. The number of carbonyl (C=O) groups is 4. The van der Waals surface area contributed by atoms with Crippen molar-refractivity contribution in [1.29, 1.82) is 0 Å².